The van der Waals surface area contributed by atoms with Crippen molar-refractivity contribution in [1.29, 1.82) is 0 Å². The Morgan fingerprint density at radius 1 is 1.53 bits per heavy atom. The van der Waals surface area contributed by atoms with Crippen LogP contribution in [0.4, 0.5) is 11.4 Å². The second-order valence-electron chi connectivity index (χ2n) is 4.31. The molecule has 0 spiro atoms. The summed E-state index contributed by atoms with van der Waals surface area (Å²) < 4.78 is 5.13. The minimum absolute atomic E-state index is 0.0413. The highest BCUT2D eigenvalue weighted by Crippen LogP contribution is 2.32. The van der Waals surface area contributed by atoms with Gasteiger partial charge in [-0.3, -0.25) is 9.59 Å². The summed E-state index contributed by atoms with van der Waals surface area (Å²) in [5.74, 6) is -0.273. The van der Waals surface area contributed by atoms with E-state index in [2.05, 4.69) is 5.32 Å². The summed E-state index contributed by atoms with van der Waals surface area (Å²) in [6.07, 6.45) is 0.385. The first kappa shape index (κ1) is 13.2. The molecule has 1 aliphatic heterocycles. The van der Waals surface area contributed by atoms with Crippen LogP contribution in [-0.4, -0.2) is 37.2 Å². The van der Waals surface area contributed by atoms with Gasteiger partial charge in [0.2, 0.25) is 5.91 Å². The van der Waals surface area contributed by atoms with Gasteiger partial charge in [-0.05, 0) is 12.1 Å². The van der Waals surface area contributed by atoms with Crippen LogP contribution >= 0.6 is 0 Å². The first-order valence-electron chi connectivity index (χ1n) is 6.05. The number of nitrogens with zero attached hydrogens (tertiary/aromatic N) is 1. The molecule has 1 aromatic rings. The SMILES string of the molecule is COc1ccc2c(c1)NC(=O)CCN2CCC(=O)O. The summed E-state index contributed by atoms with van der Waals surface area (Å²) in [4.78, 5) is 24.2. The zero-order valence-corrected chi connectivity index (χ0v) is 10.7. The number of ether oxygens (including phenoxy) is 1. The highest BCUT2D eigenvalue weighted by Gasteiger charge is 2.20. The lowest BCUT2D eigenvalue weighted by molar-refractivity contribution is -0.136. The number of methoxy groups -OCH3 is 1. The van der Waals surface area contributed by atoms with Gasteiger partial charge >= 0.3 is 5.97 Å². The number of carboxylic acids is 1. The molecule has 1 heterocycles. The zero-order valence-electron chi connectivity index (χ0n) is 10.7. The number of hydrogen-bond donors (Lipinski definition) is 2. The van der Waals surface area contributed by atoms with E-state index in [1.165, 1.54) is 0 Å². The number of carbonyl (C=O) groups excluding carboxylic acids is 1. The maximum absolute atomic E-state index is 11.6. The Morgan fingerprint density at radius 3 is 3.00 bits per heavy atom. The molecule has 0 radical (unpaired) electrons. The molecule has 0 fully saturated rings. The number of carbonyl (C=O) groups is 2. The molecule has 2 rings (SSSR count). The molecule has 2 N–H and O–H groups in total. The second kappa shape index (κ2) is 5.60. The molecule has 6 nitrogen and oxygen atoms in total. The van der Waals surface area contributed by atoms with E-state index in [1.807, 2.05) is 11.0 Å². The van der Waals surface area contributed by atoms with E-state index in [-0.39, 0.29) is 12.3 Å². The third-order valence-corrected chi connectivity index (χ3v) is 3.02. The average Bonchev–Trinajstić information content (AvgIpc) is 2.54. The van der Waals surface area contributed by atoms with Gasteiger partial charge in [0.15, 0.2) is 0 Å². The quantitative estimate of drug-likeness (QED) is 0.857. The molecule has 1 amide bonds. The lowest BCUT2D eigenvalue weighted by Gasteiger charge is -2.23. The molecule has 102 valence electrons. The first-order chi connectivity index (χ1) is 9.10. The highest BCUT2D eigenvalue weighted by atomic mass is 16.5. The molecule has 0 atom stereocenters. The fraction of sp³-hybridized carbons (Fsp3) is 0.385. The maximum Gasteiger partial charge on any atom is 0.305 e. The van der Waals surface area contributed by atoms with E-state index in [9.17, 15) is 9.59 Å². The summed E-state index contributed by atoms with van der Waals surface area (Å²) in [6.45, 7) is 0.891. The van der Waals surface area contributed by atoms with Crippen LogP contribution in [-0.2, 0) is 9.59 Å². The molecule has 1 aliphatic rings. The summed E-state index contributed by atoms with van der Waals surface area (Å²) in [6, 6.07) is 5.37. The zero-order chi connectivity index (χ0) is 13.8. The Balaban J connectivity index is 2.28. The summed E-state index contributed by atoms with van der Waals surface area (Å²) in [5, 5.41) is 11.6. The normalized spacial score (nSPS) is 14.4. The lowest BCUT2D eigenvalue weighted by Crippen LogP contribution is -2.27. The molecular weight excluding hydrogens is 248 g/mol. The number of amides is 1. The van der Waals surface area contributed by atoms with Crippen LogP contribution in [0.3, 0.4) is 0 Å². The fourth-order valence-electron chi connectivity index (χ4n) is 2.05. The predicted octanol–water partition coefficient (Wildman–Crippen LogP) is 1.32. The van der Waals surface area contributed by atoms with Gasteiger partial charge in [0.25, 0.3) is 0 Å². The smallest absolute Gasteiger partial charge is 0.305 e. The van der Waals surface area contributed by atoms with E-state index in [1.54, 1.807) is 19.2 Å². The number of fused-ring (bicyclic) bond motifs is 1. The number of carboxylic acid groups (broad SMARTS) is 1. The van der Waals surface area contributed by atoms with Crippen molar-refractivity contribution in [3.05, 3.63) is 18.2 Å². The standard InChI is InChI=1S/C13H16N2O4/c1-19-9-2-3-11-10(8-9)14-12(16)4-6-15(11)7-5-13(17)18/h2-3,8H,4-7H2,1H3,(H,14,16)(H,17,18). The third kappa shape index (κ3) is 3.15. The minimum Gasteiger partial charge on any atom is -0.497 e. The van der Waals surface area contributed by atoms with Crippen molar-refractivity contribution >= 4 is 23.3 Å². The van der Waals surface area contributed by atoms with E-state index in [0.29, 0.717) is 30.9 Å². The monoisotopic (exact) mass is 264 g/mol. The molecular formula is C13H16N2O4. The Morgan fingerprint density at radius 2 is 2.32 bits per heavy atom. The van der Waals surface area contributed by atoms with Gasteiger partial charge in [0.1, 0.15) is 5.75 Å². The molecule has 0 bridgehead atoms. The molecule has 6 heteroatoms. The molecule has 19 heavy (non-hydrogen) atoms. The van der Waals surface area contributed by atoms with Crippen LogP contribution in [0.25, 0.3) is 0 Å². The lowest BCUT2D eigenvalue weighted by atomic mass is 10.2. The Bertz CT molecular complexity index is 501. The number of hydrogen-bond acceptors (Lipinski definition) is 4. The first-order valence-corrected chi connectivity index (χ1v) is 6.05. The van der Waals surface area contributed by atoms with Crippen LogP contribution in [0.2, 0.25) is 0 Å². The van der Waals surface area contributed by atoms with Crippen molar-refractivity contribution in [3.8, 4) is 5.75 Å². The van der Waals surface area contributed by atoms with E-state index < -0.39 is 5.97 Å². The van der Waals surface area contributed by atoms with Crippen molar-refractivity contribution in [3.63, 3.8) is 0 Å². The number of rotatable bonds is 4. The van der Waals surface area contributed by atoms with Gasteiger partial charge in [0, 0.05) is 25.6 Å². The van der Waals surface area contributed by atoms with Gasteiger partial charge in [-0.2, -0.15) is 0 Å². The molecule has 0 saturated carbocycles. The molecule has 1 aromatic carbocycles. The molecule has 0 saturated heterocycles. The average molecular weight is 264 g/mol. The Labute approximate surface area is 111 Å². The van der Waals surface area contributed by atoms with Crippen LogP contribution in [0.5, 0.6) is 5.75 Å². The molecule has 0 aromatic heterocycles. The number of aliphatic carboxylic acids is 1. The largest absolute Gasteiger partial charge is 0.497 e. The van der Waals surface area contributed by atoms with E-state index >= 15 is 0 Å². The van der Waals surface area contributed by atoms with Gasteiger partial charge in [-0.1, -0.05) is 0 Å². The summed E-state index contributed by atoms with van der Waals surface area (Å²) in [5.41, 5.74) is 1.49. The van der Waals surface area contributed by atoms with E-state index in [0.717, 1.165) is 5.69 Å². The van der Waals surface area contributed by atoms with Gasteiger partial charge in [-0.25, -0.2) is 0 Å². The fourth-order valence-corrected chi connectivity index (χ4v) is 2.05. The van der Waals surface area contributed by atoms with Gasteiger partial charge < -0.3 is 20.1 Å². The maximum atomic E-state index is 11.6. The van der Waals surface area contributed by atoms with E-state index in [4.69, 9.17) is 9.84 Å². The molecule has 0 aliphatic carbocycles. The van der Waals surface area contributed by atoms with Crippen LogP contribution in [0, 0.1) is 0 Å². The van der Waals surface area contributed by atoms with Gasteiger partial charge in [-0.15, -0.1) is 0 Å². The third-order valence-electron chi connectivity index (χ3n) is 3.02. The van der Waals surface area contributed by atoms with Crippen molar-refractivity contribution in [2.75, 3.05) is 30.4 Å². The second-order valence-corrected chi connectivity index (χ2v) is 4.31. The van der Waals surface area contributed by atoms with Crippen LogP contribution < -0.4 is 15.0 Å². The van der Waals surface area contributed by atoms with Crippen molar-refractivity contribution in [1.82, 2.24) is 0 Å². The van der Waals surface area contributed by atoms with Crippen LogP contribution in [0.15, 0.2) is 18.2 Å². The summed E-state index contributed by atoms with van der Waals surface area (Å²) >= 11 is 0. The minimum atomic E-state index is -0.849. The Kier molecular flexibility index (Phi) is 3.89. The van der Waals surface area contributed by atoms with Crippen LogP contribution in [0.1, 0.15) is 12.8 Å². The predicted molar refractivity (Wildman–Crippen MR) is 70.7 cm³/mol. The number of anilines is 2. The van der Waals surface area contributed by atoms with Crippen molar-refractivity contribution in [2.45, 2.75) is 12.8 Å². The number of nitrogens with one attached hydrogen (secondary N) is 1. The topological polar surface area (TPSA) is 78.9 Å². The van der Waals surface area contributed by atoms with Crippen molar-refractivity contribution < 1.29 is 19.4 Å². The van der Waals surface area contributed by atoms with Crippen molar-refractivity contribution in [2.24, 2.45) is 0 Å². The molecule has 0 unspecified atom stereocenters. The highest BCUT2D eigenvalue weighted by molar-refractivity contribution is 5.96. The Hall–Kier alpha value is -2.24. The summed E-state index contributed by atoms with van der Waals surface area (Å²) in [7, 11) is 1.56. The van der Waals surface area contributed by atoms with Gasteiger partial charge in [0.05, 0.1) is 24.9 Å². The number of benzene rings is 1.